The third-order valence-corrected chi connectivity index (χ3v) is 1.42. The molecule has 0 aliphatic heterocycles. The minimum Gasteiger partial charge on any atom is -0.453 e. The molecule has 5 nitrogen and oxygen atoms in total. The minimum atomic E-state index is -0.637. The number of rotatable bonds is 1. The maximum absolute atomic E-state index is 10.7. The van der Waals surface area contributed by atoms with Crippen molar-refractivity contribution in [1.29, 1.82) is 0 Å². The topological polar surface area (TPSA) is 76.7 Å². The molecule has 0 atom stereocenters. The predicted octanol–water partition coefficient (Wildman–Crippen LogP) is 0.989. The molecule has 3 N–H and O–H groups in total. The summed E-state index contributed by atoms with van der Waals surface area (Å²) in [5.41, 5.74) is 6.09. The molecular formula is C9H11N3O2. The van der Waals surface area contributed by atoms with Gasteiger partial charge in [0, 0.05) is 0 Å². The molecule has 14 heavy (non-hydrogen) atoms. The van der Waals surface area contributed by atoms with Crippen LogP contribution in [0, 0.1) is 0 Å². The number of nitrogens with one attached hydrogen (secondary N) is 1. The normalized spacial score (nSPS) is 10.8. The van der Waals surface area contributed by atoms with Gasteiger partial charge in [-0.15, -0.1) is 0 Å². The highest BCUT2D eigenvalue weighted by molar-refractivity contribution is 5.94. The largest absolute Gasteiger partial charge is 0.453 e. The molecule has 0 radical (unpaired) electrons. The van der Waals surface area contributed by atoms with Crippen LogP contribution in [0.5, 0.6) is 0 Å². The van der Waals surface area contributed by atoms with Crippen molar-refractivity contribution in [2.75, 3.05) is 7.11 Å². The van der Waals surface area contributed by atoms with Crippen LogP contribution in [0.1, 0.15) is 0 Å². The second-order valence-corrected chi connectivity index (χ2v) is 2.45. The number of hydrogen-bond donors (Lipinski definition) is 2. The highest BCUT2D eigenvalue weighted by Gasteiger charge is 1.99. The summed E-state index contributed by atoms with van der Waals surface area (Å²) in [6.45, 7) is 0. The molecule has 1 aromatic carbocycles. The van der Waals surface area contributed by atoms with Gasteiger partial charge in [-0.1, -0.05) is 18.2 Å². The Balaban J connectivity index is 2.65. The summed E-state index contributed by atoms with van der Waals surface area (Å²) in [7, 11) is 1.26. The minimum absolute atomic E-state index is 0.00282. The van der Waals surface area contributed by atoms with E-state index in [2.05, 4.69) is 15.0 Å². The van der Waals surface area contributed by atoms with Gasteiger partial charge in [-0.05, 0) is 12.1 Å². The van der Waals surface area contributed by atoms with Crippen molar-refractivity contribution in [3.05, 3.63) is 30.3 Å². The zero-order valence-corrected chi connectivity index (χ0v) is 7.73. The smallest absolute Gasteiger partial charge is 0.413 e. The Morgan fingerprint density at radius 2 is 2.07 bits per heavy atom. The van der Waals surface area contributed by atoms with E-state index in [9.17, 15) is 4.79 Å². The molecule has 1 rings (SSSR count). The zero-order chi connectivity index (χ0) is 10.4. The zero-order valence-electron chi connectivity index (χ0n) is 7.73. The first-order chi connectivity index (χ1) is 6.72. The monoisotopic (exact) mass is 193 g/mol. The number of benzene rings is 1. The fraction of sp³-hybridized carbons (Fsp3) is 0.111. The Morgan fingerprint density at radius 1 is 1.43 bits per heavy atom. The summed E-state index contributed by atoms with van der Waals surface area (Å²) in [6, 6.07) is 9.05. The number of carbonyl (C=O) groups is 1. The Bertz CT molecular complexity index is 335. The van der Waals surface area contributed by atoms with Crippen LogP contribution < -0.4 is 11.1 Å². The number of para-hydroxylation sites is 1. The van der Waals surface area contributed by atoms with E-state index in [0.29, 0.717) is 5.69 Å². The average molecular weight is 193 g/mol. The molecule has 0 unspecified atom stereocenters. The third-order valence-electron chi connectivity index (χ3n) is 1.42. The summed E-state index contributed by atoms with van der Waals surface area (Å²) in [5, 5.41) is 2.24. The van der Waals surface area contributed by atoms with E-state index < -0.39 is 6.09 Å². The highest BCUT2D eigenvalue weighted by Crippen LogP contribution is 2.08. The van der Waals surface area contributed by atoms with Crippen molar-refractivity contribution in [2.45, 2.75) is 0 Å². The molecule has 0 spiro atoms. The fourth-order valence-corrected chi connectivity index (χ4v) is 0.825. The van der Waals surface area contributed by atoms with Crippen LogP contribution in [0.4, 0.5) is 10.5 Å². The summed E-state index contributed by atoms with van der Waals surface area (Å²) >= 11 is 0. The molecule has 1 aromatic rings. The van der Waals surface area contributed by atoms with E-state index in [1.54, 1.807) is 12.1 Å². The SMILES string of the molecule is COC(=O)NC(N)=Nc1ccccc1. The standard InChI is InChI=1S/C9H11N3O2/c1-14-9(13)12-8(10)11-7-5-3-2-4-6-7/h2-6H,1H3,(H3,10,11,12,13). The maximum atomic E-state index is 10.7. The lowest BCUT2D eigenvalue weighted by Crippen LogP contribution is -2.36. The van der Waals surface area contributed by atoms with Gasteiger partial charge < -0.3 is 10.5 Å². The average Bonchev–Trinajstić information content (AvgIpc) is 2.19. The van der Waals surface area contributed by atoms with Crippen LogP contribution in [-0.4, -0.2) is 19.2 Å². The number of nitrogens with zero attached hydrogens (tertiary/aromatic N) is 1. The lowest BCUT2D eigenvalue weighted by atomic mass is 10.3. The molecule has 74 valence electrons. The van der Waals surface area contributed by atoms with Gasteiger partial charge >= 0.3 is 6.09 Å². The molecule has 0 saturated carbocycles. The van der Waals surface area contributed by atoms with Crippen LogP contribution in [0.25, 0.3) is 0 Å². The first-order valence-corrected chi connectivity index (χ1v) is 3.96. The van der Waals surface area contributed by atoms with E-state index in [-0.39, 0.29) is 5.96 Å². The molecule has 1 amide bonds. The second kappa shape index (κ2) is 4.86. The fourth-order valence-electron chi connectivity index (χ4n) is 0.825. The number of amides is 1. The lowest BCUT2D eigenvalue weighted by Gasteiger charge is -2.01. The summed E-state index contributed by atoms with van der Waals surface area (Å²) in [6.07, 6.45) is -0.637. The molecular weight excluding hydrogens is 182 g/mol. The molecule has 0 saturated heterocycles. The third kappa shape index (κ3) is 3.14. The van der Waals surface area contributed by atoms with Crippen molar-refractivity contribution in [3.63, 3.8) is 0 Å². The van der Waals surface area contributed by atoms with Gasteiger partial charge in [0.1, 0.15) is 0 Å². The second-order valence-electron chi connectivity index (χ2n) is 2.45. The Hall–Kier alpha value is -2.04. The van der Waals surface area contributed by atoms with E-state index in [1.807, 2.05) is 18.2 Å². The van der Waals surface area contributed by atoms with Gasteiger partial charge in [-0.25, -0.2) is 9.79 Å². The maximum Gasteiger partial charge on any atom is 0.413 e. The first kappa shape index (κ1) is 10.0. The molecule has 5 heteroatoms. The predicted molar refractivity (Wildman–Crippen MR) is 53.3 cm³/mol. The number of aliphatic imine (C=N–C) groups is 1. The van der Waals surface area contributed by atoms with Crippen molar-refractivity contribution >= 4 is 17.7 Å². The molecule has 0 aromatic heterocycles. The van der Waals surface area contributed by atoms with Crippen LogP contribution in [0.3, 0.4) is 0 Å². The number of nitrogens with two attached hydrogens (primary N) is 1. The van der Waals surface area contributed by atoms with E-state index in [1.165, 1.54) is 7.11 Å². The van der Waals surface area contributed by atoms with Gasteiger partial charge in [0.05, 0.1) is 12.8 Å². The number of hydrogen-bond acceptors (Lipinski definition) is 3. The van der Waals surface area contributed by atoms with E-state index >= 15 is 0 Å². The van der Waals surface area contributed by atoms with Crippen LogP contribution in [0.15, 0.2) is 35.3 Å². The molecule has 0 bridgehead atoms. The summed E-state index contributed by atoms with van der Waals surface area (Å²) < 4.78 is 4.35. The lowest BCUT2D eigenvalue weighted by molar-refractivity contribution is 0.176. The molecule has 0 aliphatic carbocycles. The van der Waals surface area contributed by atoms with E-state index in [0.717, 1.165) is 0 Å². The Labute approximate surface area is 81.6 Å². The summed E-state index contributed by atoms with van der Waals surface area (Å²) in [4.78, 5) is 14.6. The molecule has 0 fully saturated rings. The van der Waals surface area contributed by atoms with Crippen molar-refractivity contribution in [1.82, 2.24) is 5.32 Å². The van der Waals surface area contributed by atoms with Crippen molar-refractivity contribution < 1.29 is 9.53 Å². The van der Waals surface area contributed by atoms with E-state index in [4.69, 9.17) is 5.73 Å². The Morgan fingerprint density at radius 3 is 2.64 bits per heavy atom. The first-order valence-electron chi connectivity index (χ1n) is 3.96. The molecule has 0 aliphatic rings. The quantitative estimate of drug-likeness (QED) is 0.515. The number of alkyl carbamates (subject to hydrolysis) is 1. The number of carbonyl (C=O) groups excluding carboxylic acids is 1. The van der Waals surface area contributed by atoms with Gasteiger partial charge in [0.15, 0.2) is 0 Å². The molecule has 0 heterocycles. The van der Waals surface area contributed by atoms with Crippen molar-refractivity contribution in [3.8, 4) is 0 Å². The number of ether oxygens (including phenoxy) is 1. The van der Waals surface area contributed by atoms with Gasteiger partial charge in [-0.3, -0.25) is 5.32 Å². The van der Waals surface area contributed by atoms with Crippen LogP contribution in [0.2, 0.25) is 0 Å². The van der Waals surface area contributed by atoms with Gasteiger partial charge in [0.25, 0.3) is 0 Å². The highest BCUT2D eigenvalue weighted by atomic mass is 16.5. The number of methoxy groups -OCH3 is 1. The Kier molecular flexibility index (Phi) is 3.49. The number of guanidine groups is 1. The van der Waals surface area contributed by atoms with Crippen molar-refractivity contribution in [2.24, 2.45) is 10.7 Å². The van der Waals surface area contributed by atoms with Gasteiger partial charge in [0.2, 0.25) is 5.96 Å². The van der Waals surface area contributed by atoms with Crippen LogP contribution >= 0.6 is 0 Å². The van der Waals surface area contributed by atoms with Gasteiger partial charge in [-0.2, -0.15) is 0 Å². The summed E-state index contributed by atoms with van der Waals surface area (Å²) in [5.74, 6) is 0.00282. The van der Waals surface area contributed by atoms with Crippen LogP contribution in [-0.2, 0) is 4.74 Å².